The van der Waals surface area contributed by atoms with Gasteiger partial charge >= 0.3 is 0 Å². The minimum Gasteiger partial charge on any atom is -0.341 e. The molecule has 4 rings (SSSR count). The number of aliphatic imine (C=N–C) groups is 1. The van der Waals surface area contributed by atoms with Crippen molar-refractivity contribution >= 4 is 34.7 Å². The first-order chi connectivity index (χ1) is 11.4. The summed E-state index contributed by atoms with van der Waals surface area (Å²) in [6.45, 7) is 8.30. The summed E-state index contributed by atoms with van der Waals surface area (Å²) < 4.78 is 0. The number of anilines is 2. The van der Waals surface area contributed by atoms with E-state index in [9.17, 15) is 4.79 Å². The maximum atomic E-state index is 12.8. The number of halogens is 1. The van der Waals surface area contributed by atoms with E-state index in [0.717, 1.165) is 35.7 Å². The summed E-state index contributed by atoms with van der Waals surface area (Å²) in [5.74, 6) is 1.42. The van der Waals surface area contributed by atoms with Crippen molar-refractivity contribution < 1.29 is 4.79 Å². The minimum atomic E-state index is -0.282. The second kappa shape index (κ2) is 5.22. The molecule has 1 saturated heterocycles. The number of hydrogen-bond donors (Lipinski definition) is 1. The molecule has 0 aromatic heterocycles. The number of carbonyl (C=O) groups excluding carboxylic acids is 1. The molecule has 1 fully saturated rings. The van der Waals surface area contributed by atoms with E-state index in [1.807, 2.05) is 32.0 Å². The maximum absolute atomic E-state index is 12.8. The van der Waals surface area contributed by atoms with Gasteiger partial charge < -0.3 is 20.0 Å². The number of amidine groups is 1. The lowest BCUT2D eigenvalue weighted by atomic mass is 10.0. The smallest absolute Gasteiger partial charge is 0.248 e. The predicted octanol–water partition coefficient (Wildman–Crippen LogP) is 1.88. The van der Waals surface area contributed by atoms with Gasteiger partial charge in [0.25, 0.3) is 0 Å². The van der Waals surface area contributed by atoms with Crippen LogP contribution in [0.2, 0.25) is 5.02 Å². The largest absolute Gasteiger partial charge is 0.341 e. The van der Waals surface area contributed by atoms with Crippen LogP contribution >= 0.6 is 11.6 Å². The fourth-order valence-corrected chi connectivity index (χ4v) is 3.78. The highest BCUT2D eigenvalue weighted by Crippen LogP contribution is 2.43. The maximum Gasteiger partial charge on any atom is 0.248 e. The molecule has 1 aromatic rings. The van der Waals surface area contributed by atoms with E-state index >= 15 is 0 Å². The Labute approximate surface area is 146 Å². The lowest BCUT2D eigenvalue weighted by Crippen LogP contribution is -2.58. The van der Waals surface area contributed by atoms with E-state index in [2.05, 4.69) is 21.7 Å². The quantitative estimate of drug-likeness (QED) is 0.780. The summed E-state index contributed by atoms with van der Waals surface area (Å²) in [5, 5.41) is 3.62. The first-order valence-electron chi connectivity index (χ1n) is 7.99. The Hall–Kier alpha value is -2.05. The van der Waals surface area contributed by atoms with Gasteiger partial charge in [-0.1, -0.05) is 18.2 Å². The normalized spacial score (nSPS) is 23.3. The lowest BCUT2D eigenvalue weighted by Gasteiger charge is -2.41. The number of nitrogens with zero attached hydrogens (tertiary/aromatic N) is 4. The molecular weight excluding hydrogens is 326 g/mol. The molecule has 3 heterocycles. The Morgan fingerprint density at radius 2 is 2.12 bits per heavy atom. The fraction of sp³-hybridized carbons (Fsp3) is 0.412. The van der Waals surface area contributed by atoms with Crippen molar-refractivity contribution in [3.05, 3.63) is 34.6 Å². The zero-order valence-corrected chi connectivity index (χ0v) is 14.8. The van der Waals surface area contributed by atoms with Crippen LogP contribution in [0.25, 0.3) is 0 Å². The Bertz CT molecular complexity index is 803. The summed E-state index contributed by atoms with van der Waals surface area (Å²) in [6.07, 6.45) is 0. The first-order valence-corrected chi connectivity index (χ1v) is 8.37. The van der Waals surface area contributed by atoms with E-state index in [1.165, 1.54) is 0 Å². The minimum absolute atomic E-state index is 0.0402. The zero-order valence-electron chi connectivity index (χ0n) is 14.1. The summed E-state index contributed by atoms with van der Waals surface area (Å²) in [5.41, 5.74) is 3.44. The number of rotatable bonds is 0. The molecule has 1 amide bonds. The van der Waals surface area contributed by atoms with E-state index in [4.69, 9.17) is 16.6 Å². The number of carbonyl (C=O) groups is 1. The highest BCUT2D eigenvalue weighted by Gasteiger charge is 2.41. The average Bonchev–Trinajstić information content (AvgIpc) is 2.66. The number of likely N-dealkylation sites (N-methyl/N-ethyl adjacent to an activating group) is 1. The standard InChI is InChI=1S/C17H20ClN5O/c1-9-7-11-13-15(14(9)18)20-17(24)12-8-21(3)5-6-23(12)16(13)19-10(2)22(11)4/h7,12H,2,5-6,8H2,1,3-4H3,(H,20,24). The van der Waals surface area contributed by atoms with Crippen LogP contribution in [0.4, 0.5) is 11.4 Å². The van der Waals surface area contributed by atoms with Crippen molar-refractivity contribution in [1.82, 2.24) is 9.80 Å². The van der Waals surface area contributed by atoms with Crippen LogP contribution in [0.3, 0.4) is 0 Å². The fourth-order valence-electron chi connectivity index (χ4n) is 3.59. The molecule has 7 heteroatoms. The summed E-state index contributed by atoms with van der Waals surface area (Å²) >= 11 is 6.54. The summed E-state index contributed by atoms with van der Waals surface area (Å²) in [6, 6.07) is 1.75. The number of nitrogens with one attached hydrogen (secondary N) is 1. The van der Waals surface area contributed by atoms with Crippen LogP contribution in [-0.2, 0) is 4.79 Å². The molecule has 6 nitrogen and oxygen atoms in total. The monoisotopic (exact) mass is 345 g/mol. The van der Waals surface area contributed by atoms with Crippen LogP contribution in [-0.4, -0.2) is 61.3 Å². The van der Waals surface area contributed by atoms with Gasteiger partial charge in [-0.2, -0.15) is 0 Å². The highest BCUT2D eigenvalue weighted by molar-refractivity contribution is 6.36. The third kappa shape index (κ3) is 2.06. The molecule has 3 aliphatic rings. The Kier molecular flexibility index (Phi) is 3.37. The topological polar surface area (TPSA) is 51.2 Å². The molecule has 0 saturated carbocycles. The number of benzene rings is 1. The molecule has 126 valence electrons. The molecule has 1 unspecified atom stereocenters. The van der Waals surface area contributed by atoms with E-state index in [0.29, 0.717) is 23.1 Å². The number of hydrogen-bond acceptors (Lipinski definition) is 5. The molecule has 1 aromatic carbocycles. The van der Waals surface area contributed by atoms with E-state index < -0.39 is 0 Å². The second-order valence-corrected chi connectivity index (χ2v) is 7.03. The third-order valence-corrected chi connectivity index (χ3v) is 5.53. The molecule has 0 bridgehead atoms. The SMILES string of the molecule is C=C1N=C2c3c(cc(C)c(Cl)c3NC(=O)C3CN(C)CCN23)N1C. The molecule has 1 atom stereocenters. The number of fused-ring (bicyclic) bond motifs is 2. The summed E-state index contributed by atoms with van der Waals surface area (Å²) in [4.78, 5) is 23.8. The van der Waals surface area contributed by atoms with Gasteiger partial charge in [0.05, 0.1) is 22.0 Å². The van der Waals surface area contributed by atoms with Crippen LogP contribution < -0.4 is 10.2 Å². The molecule has 0 spiro atoms. The summed E-state index contributed by atoms with van der Waals surface area (Å²) in [7, 11) is 3.96. The van der Waals surface area contributed by atoms with Crippen molar-refractivity contribution in [1.29, 1.82) is 0 Å². The molecule has 0 aliphatic carbocycles. The van der Waals surface area contributed by atoms with Crippen LogP contribution in [0.1, 0.15) is 11.1 Å². The second-order valence-electron chi connectivity index (χ2n) is 6.65. The molecule has 0 radical (unpaired) electrons. The van der Waals surface area contributed by atoms with Crippen LogP contribution in [0, 0.1) is 6.92 Å². The number of amides is 1. The van der Waals surface area contributed by atoms with Gasteiger partial charge in [-0.15, -0.1) is 0 Å². The van der Waals surface area contributed by atoms with Gasteiger partial charge in [0, 0.05) is 26.7 Å². The number of aryl methyl sites for hydroxylation is 1. The molecule has 24 heavy (non-hydrogen) atoms. The van der Waals surface area contributed by atoms with Gasteiger partial charge in [0.15, 0.2) is 0 Å². The molecular formula is C17H20ClN5O. The average molecular weight is 346 g/mol. The zero-order chi connectivity index (χ0) is 17.2. The first kappa shape index (κ1) is 15.5. The third-order valence-electron chi connectivity index (χ3n) is 5.04. The van der Waals surface area contributed by atoms with Crippen molar-refractivity contribution in [2.45, 2.75) is 13.0 Å². The van der Waals surface area contributed by atoms with Gasteiger partial charge in [0.1, 0.15) is 17.7 Å². The Morgan fingerprint density at radius 3 is 2.88 bits per heavy atom. The van der Waals surface area contributed by atoms with E-state index in [-0.39, 0.29) is 11.9 Å². The molecule has 3 aliphatic heterocycles. The van der Waals surface area contributed by atoms with Gasteiger partial charge in [0.2, 0.25) is 5.91 Å². The van der Waals surface area contributed by atoms with Crippen LogP contribution in [0.15, 0.2) is 23.5 Å². The van der Waals surface area contributed by atoms with Crippen molar-refractivity contribution in [2.24, 2.45) is 4.99 Å². The molecule has 1 N–H and O–H groups in total. The predicted molar refractivity (Wildman–Crippen MR) is 96.9 cm³/mol. The Balaban J connectivity index is 1.99. The van der Waals surface area contributed by atoms with Gasteiger partial charge in [-0.25, -0.2) is 4.99 Å². The van der Waals surface area contributed by atoms with Crippen molar-refractivity contribution in [2.75, 3.05) is 43.9 Å². The van der Waals surface area contributed by atoms with Crippen molar-refractivity contribution in [3.63, 3.8) is 0 Å². The van der Waals surface area contributed by atoms with Crippen molar-refractivity contribution in [3.8, 4) is 0 Å². The van der Waals surface area contributed by atoms with Gasteiger partial charge in [-0.3, -0.25) is 4.79 Å². The van der Waals surface area contributed by atoms with E-state index in [1.54, 1.807) is 0 Å². The van der Waals surface area contributed by atoms with Crippen LogP contribution in [0.5, 0.6) is 0 Å². The number of piperazine rings is 1. The van der Waals surface area contributed by atoms with Gasteiger partial charge in [-0.05, 0) is 25.6 Å². The highest BCUT2D eigenvalue weighted by atomic mass is 35.5. The lowest BCUT2D eigenvalue weighted by molar-refractivity contribution is -0.121. The Morgan fingerprint density at radius 1 is 1.38 bits per heavy atom.